The van der Waals surface area contributed by atoms with Gasteiger partial charge in [0.25, 0.3) is 0 Å². The van der Waals surface area contributed by atoms with Crippen LogP contribution in [0, 0.1) is 17.5 Å². The van der Waals surface area contributed by atoms with E-state index in [9.17, 15) is 13.2 Å². The second-order valence-electron chi connectivity index (χ2n) is 3.57. The molecule has 1 aromatic carbocycles. The molecule has 1 unspecified atom stereocenters. The Morgan fingerprint density at radius 2 is 1.87 bits per heavy atom. The van der Waals surface area contributed by atoms with Crippen molar-refractivity contribution in [2.24, 2.45) is 4.99 Å². The number of hydrogen-bond donors (Lipinski definition) is 0. The van der Waals surface area contributed by atoms with Gasteiger partial charge in [0.15, 0.2) is 18.0 Å². The van der Waals surface area contributed by atoms with E-state index in [0.29, 0.717) is 6.07 Å². The molecule has 1 atom stereocenters. The molecule has 1 heterocycles. The minimum Gasteiger partial charge on any atom is -0.481 e. The third-order valence-electron chi connectivity index (χ3n) is 2.37. The Morgan fingerprint density at radius 3 is 2.47 bits per heavy atom. The smallest absolute Gasteiger partial charge is 0.170 e. The zero-order valence-electron chi connectivity index (χ0n) is 7.93. The lowest BCUT2D eigenvalue weighted by Gasteiger charge is -2.19. The summed E-state index contributed by atoms with van der Waals surface area (Å²) in [5.41, 5.74) is -0.978. The van der Waals surface area contributed by atoms with Crippen LogP contribution in [0.15, 0.2) is 17.1 Å². The van der Waals surface area contributed by atoms with Crippen molar-refractivity contribution in [1.82, 2.24) is 0 Å². The number of rotatable bonds is 1. The average molecular weight is 215 g/mol. The zero-order valence-corrected chi connectivity index (χ0v) is 7.93. The lowest BCUT2D eigenvalue weighted by atomic mass is 9.93. The Morgan fingerprint density at radius 1 is 1.20 bits per heavy atom. The molecule has 0 saturated carbocycles. The predicted molar refractivity (Wildman–Crippen MR) is 48.1 cm³/mol. The van der Waals surface area contributed by atoms with Crippen molar-refractivity contribution in [1.29, 1.82) is 0 Å². The molecule has 15 heavy (non-hydrogen) atoms. The lowest BCUT2D eigenvalue weighted by Crippen LogP contribution is -2.23. The van der Waals surface area contributed by atoms with Gasteiger partial charge >= 0.3 is 0 Å². The first kappa shape index (κ1) is 10.0. The van der Waals surface area contributed by atoms with Gasteiger partial charge in [0.05, 0.1) is 0 Å². The molecule has 1 aliphatic heterocycles. The van der Waals surface area contributed by atoms with Gasteiger partial charge in [0.2, 0.25) is 0 Å². The van der Waals surface area contributed by atoms with Crippen LogP contribution in [0.2, 0.25) is 0 Å². The quantitative estimate of drug-likeness (QED) is 0.659. The highest BCUT2D eigenvalue weighted by Gasteiger charge is 2.33. The molecule has 2 rings (SSSR count). The summed E-state index contributed by atoms with van der Waals surface area (Å²) < 4.78 is 43.9. The van der Waals surface area contributed by atoms with Crippen LogP contribution < -0.4 is 0 Å². The van der Waals surface area contributed by atoms with Gasteiger partial charge in [-0.2, -0.15) is 0 Å². The van der Waals surface area contributed by atoms with Crippen LogP contribution in [-0.2, 0) is 10.3 Å². The van der Waals surface area contributed by atoms with Crippen LogP contribution in [0.5, 0.6) is 0 Å². The monoisotopic (exact) mass is 215 g/mol. The molecule has 0 bridgehead atoms. The van der Waals surface area contributed by atoms with Crippen molar-refractivity contribution in [2.45, 2.75) is 12.5 Å². The predicted octanol–water partition coefficient (Wildman–Crippen LogP) is 2.38. The van der Waals surface area contributed by atoms with E-state index in [1.807, 2.05) is 0 Å². The second-order valence-corrected chi connectivity index (χ2v) is 3.57. The molecule has 0 N–H and O–H groups in total. The minimum atomic E-state index is -1.21. The number of ether oxygens (including phenoxy) is 1. The van der Waals surface area contributed by atoms with Crippen molar-refractivity contribution < 1.29 is 17.9 Å². The Kier molecular flexibility index (Phi) is 2.17. The first-order valence-corrected chi connectivity index (χ1v) is 4.33. The molecule has 0 fully saturated rings. The first-order valence-electron chi connectivity index (χ1n) is 4.33. The molecule has 0 aromatic heterocycles. The maximum absolute atomic E-state index is 13.4. The van der Waals surface area contributed by atoms with Gasteiger partial charge < -0.3 is 4.74 Å². The van der Waals surface area contributed by atoms with Crippen molar-refractivity contribution in [2.75, 3.05) is 6.61 Å². The molecule has 1 aliphatic rings. The molecule has 2 nitrogen and oxygen atoms in total. The summed E-state index contributed by atoms with van der Waals surface area (Å²) in [5, 5.41) is 0. The van der Waals surface area contributed by atoms with Crippen LogP contribution in [0.4, 0.5) is 13.2 Å². The first-order chi connectivity index (χ1) is 7.03. The Balaban J connectivity index is 2.53. The highest BCUT2D eigenvalue weighted by atomic mass is 19.2. The number of nitrogens with zero attached hydrogens (tertiary/aromatic N) is 1. The second kappa shape index (κ2) is 3.25. The third kappa shape index (κ3) is 1.58. The lowest BCUT2D eigenvalue weighted by molar-refractivity contribution is 0.271. The highest BCUT2D eigenvalue weighted by molar-refractivity contribution is 5.52. The number of aliphatic imine (C=N–C) groups is 1. The van der Waals surface area contributed by atoms with E-state index in [1.54, 1.807) is 6.92 Å². The molecular formula is C10H8F3NO. The molecule has 0 spiro atoms. The van der Waals surface area contributed by atoms with Gasteiger partial charge in [0, 0.05) is 11.6 Å². The molecule has 0 aliphatic carbocycles. The molecule has 0 amide bonds. The normalized spacial score (nSPS) is 24.3. The molecule has 5 heteroatoms. The van der Waals surface area contributed by atoms with E-state index >= 15 is 0 Å². The average Bonchev–Trinajstić information content (AvgIpc) is 2.60. The van der Waals surface area contributed by atoms with Crippen molar-refractivity contribution in [3.8, 4) is 0 Å². The molecular weight excluding hydrogens is 207 g/mol. The van der Waals surface area contributed by atoms with Gasteiger partial charge in [-0.3, -0.25) is 0 Å². The van der Waals surface area contributed by atoms with Crippen molar-refractivity contribution in [3.05, 3.63) is 35.1 Å². The highest BCUT2D eigenvalue weighted by Crippen LogP contribution is 2.31. The topological polar surface area (TPSA) is 21.6 Å². The fourth-order valence-corrected chi connectivity index (χ4v) is 1.47. The van der Waals surface area contributed by atoms with Crippen molar-refractivity contribution >= 4 is 6.40 Å². The maximum Gasteiger partial charge on any atom is 0.170 e. The number of halogens is 3. The summed E-state index contributed by atoms with van der Waals surface area (Å²) in [6, 6.07) is 1.33. The molecule has 80 valence electrons. The number of benzene rings is 1. The van der Waals surface area contributed by atoms with E-state index < -0.39 is 23.0 Å². The minimum absolute atomic E-state index is 0.00449. The van der Waals surface area contributed by atoms with E-state index in [2.05, 4.69) is 4.99 Å². The standard InChI is InChI=1S/C10H8F3NO/c1-10(4-15-5-14-10)6-2-8(12)9(13)3-7(6)11/h2-3,5H,4H2,1H3. The van der Waals surface area contributed by atoms with Gasteiger partial charge in [-0.15, -0.1) is 0 Å². The van der Waals surface area contributed by atoms with Crippen LogP contribution in [0.3, 0.4) is 0 Å². The van der Waals surface area contributed by atoms with Crippen LogP contribution >= 0.6 is 0 Å². The Bertz CT molecular complexity index is 433. The fraction of sp³-hybridized carbons (Fsp3) is 0.300. The van der Waals surface area contributed by atoms with Gasteiger partial charge in [0.1, 0.15) is 18.0 Å². The summed E-state index contributed by atoms with van der Waals surface area (Å²) in [6.07, 6.45) is 1.18. The SMILES string of the molecule is CC1(c2cc(F)c(F)cc2F)COC=N1. The van der Waals surface area contributed by atoms with Crippen LogP contribution in [-0.4, -0.2) is 13.0 Å². The zero-order chi connectivity index (χ0) is 11.1. The summed E-state index contributed by atoms with van der Waals surface area (Å²) in [5.74, 6) is -3.11. The summed E-state index contributed by atoms with van der Waals surface area (Å²) in [4.78, 5) is 3.89. The summed E-state index contributed by atoms with van der Waals surface area (Å²) in [6.45, 7) is 1.71. The van der Waals surface area contributed by atoms with E-state index in [-0.39, 0.29) is 12.2 Å². The largest absolute Gasteiger partial charge is 0.481 e. The van der Waals surface area contributed by atoms with Gasteiger partial charge in [-0.25, -0.2) is 18.2 Å². The van der Waals surface area contributed by atoms with Crippen molar-refractivity contribution in [3.63, 3.8) is 0 Å². The van der Waals surface area contributed by atoms with E-state index in [4.69, 9.17) is 4.74 Å². The van der Waals surface area contributed by atoms with Gasteiger partial charge in [-0.05, 0) is 13.0 Å². The summed E-state index contributed by atoms with van der Waals surface area (Å²) >= 11 is 0. The molecule has 1 aromatic rings. The van der Waals surface area contributed by atoms with Crippen LogP contribution in [0.1, 0.15) is 12.5 Å². The van der Waals surface area contributed by atoms with Crippen LogP contribution in [0.25, 0.3) is 0 Å². The summed E-state index contributed by atoms with van der Waals surface area (Å²) in [7, 11) is 0. The maximum atomic E-state index is 13.4. The van der Waals surface area contributed by atoms with E-state index in [1.165, 1.54) is 6.40 Å². The number of hydrogen-bond acceptors (Lipinski definition) is 2. The third-order valence-corrected chi connectivity index (χ3v) is 2.37. The van der Waals surface area contributed by atoms with Gasteiger partial charge in [-0.1, -0.05) is 0 Å². The molecule has 0 radical (unpaired) electrons. The van der Waals surface area contributed by atoms with E-state index in [0.717, 1.165) is 6.07 Å². The Labute approximate surface area is 84.4 Å². The molecule has 0 saturated heterocycles. The fourth-order valence-electron chi connectivity index (χ4n) is 1.47. The Hall–Kier alpha value is -1.52.